The summed E-state index contributed by atoms with van der Waals surface area (Å²) in [6, 6.07) is 5.12. The molecule has 0 spiro atoms. The van der Waals surface area contributed by atoms with Crippen LogP contribution in [-0.2, 0) is 6.54 Å². The lowest BCUT2D eigenvalue weighted by molar-refractivity contribution is -0.0512. The number of benzene rings is 1. The molecule has 0 bridgehead atoms. The van der Waals surface area contributed by atoms with Crippen LogP contribution in [0.2, 0.25) is 0 Å². The van der Waals surface area contributed by atoms with Gasteiger partial charge < -0.3 is 14.8 Å². The number of methoxy groups -OCH3 is 1. The fourth-order valence-electron chi connectivity index (χ4n) is 2.77. The van der Waals surface area contributed by atoms with E-state index in [0.717, 1.165) is 31.7 Å². The highest BCUT2D eigenvalue weighted by Gasteiger charge is 2.22. The van der Waals surface area contributed by atoms with E-state index in [1.165, 1.54) is 13.5 Å². The van der Waals surface area contributed by atoms with Gasteiger partial charge in [-0.2, -0.15) is 8.78 Å². The van der Waals surface area contributed by atoms with Crippen LogP contribution in [0.25, 0.3) is 0 Å². The number of alkyl halides is 2. The van der Waals surface area contributed by atoms with Crippen molar-refractivity contribution in [2.24, 2.45) is 5.92 Å². The number of likely N-dealkylation sites (tertiary alicyclic amines) is 1. The van der Waals surface area contributed by atoms with Gasteiger partial charge in [0, 0.05) is 13.1 Å². The van der Waals surface area contributed by atoms with E-state index in [1.807, 2.05) is 13.1 Å². The van der Waals surface area contributed by atoms with Crippen LogP contribution in [0.4, 0.5) is 8.78 Å². The average Bonchev–Trinajstić information content (AvgIpc) is 2.87. The first-order valence-corrected chi connectivity index (χ1v) is 7.11. The molecule has 0 aliphatic carbocycles. The number of halogens is 2. The summed E-state index contributed by atoms with van der Waals surface area (Å²) in [5.41, 5.74) is 1.04. The molecule has 1 aromatic rings. The summed E-state index contributed by atoms with van der Waals surface area (Å²) < 4.78 is 34.1. The summed E-state index contributed by atoms with van der Waals surface area (Å²) in [6.45, 7) is 1.10. The summed E-state index contributed by atoms with van der Waals surface area (Å²) in [4.78, 5) is 2.37. The highest BCUT2D eigenvalue weighted by molar-refractivity contribution is 5.43. The Morgan fingerprint density at radius 2 is 2.19 bits per heavy atom. The van der Waals surface area contributed by atoms with E-state index in [0.29, 0.717) is 11.7 Å². The van der Waals surface area contributed by atoms with E-state index >= 15 is 0 Å². The maximum atomic E-state index is 12.3. The smallest absolute Gasteiger partial charge is 0.387 e. The predicted molar refractivity (Wildman–Crippen MR) is 76.9 cm³/mol. The van der Waals surface area contributed by atoms with Gasteiger partial charge in [0.25, 0.3) is 0 Å². The quantitative estimate of drug-likeness (QED) is 0.838. The molecule has 4 nitrogen and oxygen atoms in total. The first-order valence-electron chi connectivity index (χ1n) is 7.11. The molecule has 1 N–H and O–H groups in total. The lowest BCUT2D eigenvalue weighted by atomic mass is 10.1. The molecule has 0 radical (unpaired) electrons. The number of ether oxygens (including phenoxy) is 2. The van der Waals surface area contributed by atoms with Crippen molar-refractivity contribution < 1.29 is 18.3 Å². The van der Waals surface area contributed by atoms with Crippen molar-refractivity contribution in [1.82, 2.24) is 10.2 Å². The Balaban J connectivity index is 1.98. The van der Waals surface area contributed by atoms with Crippen molar-refractivity contribution in [2.45, 2.75) is 19.6 Å². The summed E-state index contributed by atoms with van der Waals surface area (Å²) in [6.07, 6.45) is 1.19. The van der Waals surface area contributed by atoms with Gasteiger partial charge in [-0.05, 0) is 50.2 Å². The molecule has 1 saturated heterocycles. The van der Waals surface area contributed by atoms with Crippen molar-refractivity contribution in [3.05, 3.63) is 23.8 Å². The second-order valence-electron chi connectivity index (χ2n) is 5.31. The van der Waals surface area contributed by atoms with E-state index < -0.39 is 6.61 Å². The van der Waals surface area contributed by atoms with Gasteiger partial charge in [-0.3, -0.25) is 4.90 Å². The lowest BCUT2D eigenvalue weighted by Crippen LogP contribution is -2.24. The zero-order valence-electron chi connectivity index (χ0n) is 12.4. The molecule has 1 unspecified atom stereocenters. The fourth-order valence-corrected chi connectivity index (χ4v) is 2.77. The lowest BCUT2D eigenvalue weighted by Gasteiger charge is -2.17. The van der Waals surface area contributed by atoms with Gasteiger partial charge in [-0.15, -0.1) is 0 Å². The number of hydrogen-bond acceptors (Lipinski definition) is 4. The Bertz CT molecular complexity index is 457. The van der Waals surface area contributed by atoms with Crippen molar-refractivity contribution in [2.75, 3.05) is 33.8 Å². The highest BCUT2D eigenvalue weighted by Crippen LogP contribution is 2.30. The SMILES string of the molecule is CNCC1CCN(Cc2ccc(OC(F)F)c(OC)c2)C1. The molecule has 1 fully saturated rings. The molecule has 0 aromatic heterocycles. The van der Waals surface area contributed by atoms with Gasteiger partial charge in [0.15, 0.2) is 11.5 Å². The molecular formula is C15H22F2N2O2. The average molecular weight is 300 g/mol. The predicted octanol–water partition coefficient (Wildman–Crippen LogP) is 2.34. The summed E-state index contributed by atoms with van der Waals surface area (Å²) in [5.74, 6) is 1.10. The van der Waals surface area contributed by atoms with Crippen LogP contribution in [0.1, 0.15) is 12.0 Å². The van der Waals surface area contributed by atoms with E-state index in [4.69, 9.17) is 4.74 Å². The van der Waals surface area contributed by atoms with Gasteiger partial charge in [-0.25, -0.2) is 0 Å². The fraction of sp³-hybridized carbons (Fsp3) is 0.600. The largest absolute Gasteiger partial charge is 0.493 e. The Morgan fingerprint density at radius 3 is 2.86 bits per heavy atom. The third kappa shape index (κ3) is 4.54. The molecule has 0 amide bonds. The number of hydrogen-bond donors (Lipinski definition) is 1. The summed E-state index contributed by atoms with van der Waals surface area (Å²) in [5, 5.41) is 3.20. The minimum atomic E-state index is -2.84. The summed E-state index contributed by atoms with van der Waals surface area (Å²) in [7, 11) is 3.42. The third-order valence-corrected chi connectivity index (χ3v) is 3.71. The zero-order chi connectivity index (χ0) is 15.2. The van der Waals surface area contributed by atoms with Crippen LogP contribution in [0.3, 0.4) is 0 Å². The van der Waals surface area contributed by atoms with Crippen molar-refractivity contribution >= 4 is 0 Å². The molecule has 1 aromatic carbocycles. The van der Waals surface area contributed by atoms with Gasteiger partial charge in [-0.1, -0.05) is 6.07 Å². The second-order valence-corrected chi connectivity index (χ2v) is 5.31. The normalized spacial score (nSPS) is 19.2. The van der Waals surface area contributed by atoms with Crippen molar-refractivity contribution in [1.29, 1.82) is 0 Å². The van der Waals surface area contributed by atoms with E-state index in [2.05, 4.69) is 15.0 Å². The maximum absolute atomic E-state index is 12.3. The topological polar surface area (TPSA) is 33.7 Å². The third-order valence-electron chi connectivity index (χ3n) is 3.71. The maximum Gasteiger partial charge on any atom is 0.387 e. The van der Waals surface area contributed by atoms with Crippen molar-refractivity contribution in [3.8, 4) is 11.5 Å². The molecule has 0 saturated carbocycles. The van der Waals surface area contributed by atoms with Gasteiger partial charge in [0.1, 0.15) is 0 Å². The number of nitrogens with one attached hydrogen (secondary N) is 1. The number of rotatable bonds is 7. The second kappa shape index (κ2) is 7.56. The minimum absolute atomic E-state index is 0.0748. The highest BCUT2D eigenvalue weighted by atomic mass is 19.3. The van der Waals surface area contributed by atoms with Crippen LogP contribution in [-0.4, -0.2) is 45.3 Å². The molecule has 118 valence electrons. The van der Waals surface area contributed by atoms with Gasteiger partial charge >= 0.3 is 6.61 Å². The summed E-state index contributed by atoms with van der Waals surface area (Å²) >= 11 is 0. The van der Waals surface area contributed by atoms with E-state index in [-0.39, 0.29) is 5.75 Å². The standard InChI is InChI=1S/C15H22F2N2O2/c1-18-8-12-5-6-19(10-12)9-11-3-4-13(21-15(16)17)14(7-11)20-2/h3-4,7,12,15,18H,5-6,8-10H2,1-2H3. The monoisotopic (exact) mass is 300 g/mol. The zero-order valence-corrected chi connectivity index (χ0v) is 12.4. The van der Waals surface area contributed by atoms with Crippen LogP contribution in [0, 0.1) is 5.92 Å². The molecule has 1 heterocycles. The Labute approximate surface area is 124 Å². The van der Waals surface area contributed by atoms with Crippen molar-refractivity contribution in [3.63, 3.8) is 0 Å². The molecule has 21 heavy (non-hydrogen) atoms. The molecule has 6 heteroatoms. The first-order chi connectivity index (χ1) is 10.1. The Kier molecular flexibility index (Phi) is 5.76. The molecule has 2 rings (SSSR count). The van der Waals surface area contributed by atoms with Crippen LogP contribution < -0.4 is 14.8 Å². The molecular weight excluding hydrogens is 278 g/mol. The van der Waals surface area contributed by atoms with Gasteiger partial charge in [0.05, 0.1) is 7.11 Å². The number of nitrogens with zero attached hydrogens (tertiary/aromatic N) is 1. The van der Waals surface area contributed by atoms with Gasteiger partial charge in [0.2, 0.25) is 0 Å². The first kappa shape index (κ1) is 16.0. The molecule has 1 atom stereocenters. The van der Waals surface area contributed by atoms with Crippen LogP contribution >= 0.6 is 0 Å². The van der Waals surface area contributed by atoms with E-state index in [1.54, 1.807) is 12.1 Å². The van der Waals surface area contributed by atoms with Crippen LogP contribution in [0.15, 0.2) is 18.2 Å². The Hall–Kier alpha value is -1.40. The van der Waals surface area contributed by atoms with E-state index in [9.17, 15) is 8.78 Å². The molecule has 1 aliphatic rings. The van der Waals surface area contributed by atoms with Crippen LogP contribution in [0.5, 0.6) is 11.5 Å². The minimum Gasteiger partial charge on any atom is -0.493 e. The molecule has 1 aliphatic heterocycles. The Morgan fingerprint density at radius 1 is 1.38 bits per heavy atom.